The third-order valence-corrected chi connectivity index (χ3v) is 5.59. The van der Waals surface area contributed by atoms with Crippen LogP contribution in [0.15, 0.2) is 37.2 Å². The van der Waals surface area contributed by atoms with Gasteiger partial charge in [0.05, 0.1) is 36.0 Å². The van der Waals surface area contributed by atoms with Crippen molar-refractivity contribution < 1.29 is 14.4 Å². The number of nitriles is 1. The van der Waals surface area contributed by atoms with E-state index in [1.807, 2.05) is 0 Å². The highest BCUT2D eigenvalue weighted by atomic mass is 35.5. The Morgan fingerprint density at radius 3 is 2.61 bits per heavy atom. The molecule has 1 saturated heterocycles. The molecule has 0 spiro atoms. The number of rotatable bonds is 5. The summed E-state index contributed by atoms with van der Waals surface area (Å²) in [7, 11) is 1.49. The van der Waals surface area contributed by atoms with Crippen molar-refractivity contribution in [1.82, 2.24) is 30.1 Å². The van der Waals surface area contributed by atoms with Crippen LogP contribution >= 0.6 is 11.6 Å². The van der Waals surface area contributed by atoms with E-state index < -0.39 is 12.1 Å². The fourth-order valence-electron chi connectivity index (χ4n) is 3.93. The summed E-state index contributed by atoms with van der Waals surface area (Å²) in [4.78, 5) is 52.6. The van der Waals surface area contributed by atoms with Crippen LogP contribution in [0.5, 0.6) is 0 Å². The summed E-state index contributed by atoms with van der Waals surface area (Å²) in [5, 5.41) is 12.1. The Hall–Kier alpha value is -3.84. The second-order valence-electron chi connectivity index (χ2n) is 7.30. The monoisotopic (exact) mass is 467 g/mol. The Bertz CT molecular complexity index is 1150. The van der Waals surface area contributed by atoms with Gasteiger partial charge in [-0.3, -0.25) is 14.4 Å². The molecule has 1 fully saturated rings. The van der Waals surface area contributed by atoms with Crippen LogP contribution in [-0.2, 0) is 9.59 Å². The van der Waals surface area contributed by atoms with E-state index in [0.29, 0.717) is 17.0 Å². The summed E-state index contributed by atoms with van der Waals surface area (Å²) in [6, 6.07) is 5.62. The second-order valence-corrected chi connectivity index (χ2v) is 7.69. The number of nitrogens with one attached hydrogen (secondary N) is 1. The smallest absolute Gasteiger partial charge is 0.269 e. The third kappa shape index (κ3) is 4.99. The maximum absolute atomic E-state index is 12.5. The van der Waals surface area contributed by atoms with E-state index >= 15 is 0 Å². The molecular weight excluding hydrogens is 446 g/mol. The molecule has 3 heterocycles. The van der Waals surface area contributed by atoms with Gasteiger partial charge in [-0.05, 0) is 29.8 Å². The fraction of sp³-hybridized carbons (Fsp3) is 0.318. The molecule has 33 heavy (non-hydrogen) atoms. The minimum absolute atomic E-state index is 0.00235. The van der Waals surface area contributed by atoms with Crippen molar-refractivity contribution in [2.45, 2.75) is 25.4 Å². The van der Waals surface area contributed by atoms with E-state index in [-0.39, 0.29) is 48.1 Å². The Labute approximate surface area is 195 Å². The molecule has 2 aromatic rings. The van der Waals surface area contributed by atoms with E-state index in [1.54, 1.807) is 21.9 Å². The largest absolute Gasteiger partial charge is 0.354 e. The first-order valence-corrected chi connectivity index (χ1v) is 10.5. The standard InChI is InChI=1S/C22H22ClN7O3/c1-4-20(32)30-8-7-29(13(2)31)21(18(30)5-6-24)14-9-16(28-19(23)10-14)15-11-17(22(33)25-3)27-12-26-15/h4,9-12,18,21H,1,5,7-8H2,2-3H3,(H,25,33)/t18-,21-/m1/s1. The van der Waals surface area contributed by atoms with Gasteiger partial charge in [0.15, 0.2) is 0 Å². The number of amides is 3. The SMILES string of the molecule is C=CC(=O)N1CCN(C(C)=O)[C@H](c2cc(Cl)nc(-c3cc(C(=O)NC)ncn3)c2)[C@H]1CC#N. The van der Waals surface area contributed by atoms with Gasteiger partial charge in [0, 0.05) is 27.1 Å². The Kier molecular flexibility index (Phi) is 7.35. The number of hydrogen-bond acceptors (Lipinski definition) is 7. The van der Waals surface area contributed by atoms with E-state index in [1.165, 1.54) is 32.4 Å². The number of pyridine rings is 1. The van der Waals surface area contributed by atoms with E-state index in [0.717, 1.165) is 0 Å². The molecule has 0 radical (unpaired) electrons. The average Bonchev–Trinajstić information content (AvgIpc) is 2.82. The van der Waals surface area contributed by atoms with Crippen LogP contribution in [-0.4, -0.2) is 68.7 Å². The maximum atomic E-state index is 12.5. The number of carbonyl (C=O) groups is 3. The second kappa shape index (κ2) is 10.2. The van der Waals surface area contributed by atoms with E-state index in [4.69, 9.17) is 11.6 Å². The topological polar surface area (TPSA) is 132 Å². The lowest BCUT2D eigenvalue weighted by atomic mass is 9.91. The highest BCUT2D eigenvalue weighted by Gasteiger charge is 2.40. The molecule has 3 rings (SSSR count). The van der Waals surface area contributed by atoms with Crippen molar-refractivity contribution in [3.63, 3.8) is 0 Å². The number of piperazine rings is 1. The molecule has 0 unspecified atom stereocenters. The van der Waals surface area contributed by atoms with Gasteiger partial charge in [-0.1, -0.05) is 18.2 Å². The van der Waals surface area contributed by atoms with Crippen molar-refractivity contribution >= 4 is 29.3 Å². The summed E-state index contributed by atoms with van der Waals surface area (Å²) in [5.41, 5.74) is 1.45. The van der Waals surface area contributed by atoms with Gasteiger partial charge >= 0.3 is 0 Å². The van der Waals surface area contributed by atoms with Gasteiger partial charge in [-0.25, -0.2) is 15.0 Å². The van der Waals surface area contributed by atoms with Crippen LogP contribution in [0.2, 0.25) is 5.15 Å². The molecule has 0 saturated carbocycles. The van der Waals surface area contributed by atoms with E-state index in [2.05, 4.69) is 32.9 Å². The molecule has 2 aromatic heterocycles. The van der Waals surface area contributed by atoms with Gasteiger partial charge in [-0.2, -0.15) is 5.26 Å². The number of halogens is 1. The zero-order valence-electron chi connectivity index (χ0n) is 18.2. The van der Waals surface area contributed by atoms with Gasteiger partial charge in [0.25, 0.3) is 5.91 Å². The van der Waals surface area contributed by atoms with Crippen LogP contribution in [0.25, 0.3) is 11.4 Å². The van der Waals surface area contributed by atoms with Crippen LogP contribution in [0.4, 0.5) is 0 Å². The van der Waals surface area contributed by atoms with Crippen LogP contribution in [0.1, 0.15) is 35.4 Å². The lowest BCUT2D eigenvalue weighted by molar-refractivity contribution is -0.143. The van der Waals surface area contributed by atoms with Crippen molar-refractivity contribution in [1.29, 1.82) is 5.26 Å². The van der Waals surface area contributed by atoms with E-state index in [9.17, 15) is 19.6 Å². The van der Waals surface area contributed by atoms with Crippen LogP contribution in [0, 0.1) is 11.3 Å². The molecule has 0 aliphatic carbocycles. The molecule has 11 heteroatoms. The molecular formula is C22H22ClN7O3. The number of carbonyl (C=O) groups excluding carboxylic acids is 3. The molecule has 1 aliphatic rings. The Morgan fingerprint density at radius 2 is 1.97 bits per heavy atom. The normalized spacial score (nSPS) is 17.8. The first kappa shape index (κ1) is 23.8. The molecule has 2 atom stereocenters. The first-order chi connectivity index (χ1) is 15.8. The fourth-order valence-corrected chi connectivity index (χ4v) is 4.15. The van der Waals surface area contributed by atoms with Crippen molar-refractivity contribution in [2.24, 2.45) is 0 Å². The molecule has 1 aliphatic heterocycles. The quantitative estimate of drug-likeness (QED) is 0.523. The average molecular weight is 468 g/mol. The van der Waals surface area contributed by atoms with Gasteiger partial charge in [0.1, 0.15) is 17.2 Å². The number of nitrogens with zero attached hydrogens (tertiary/aromatic N) is 6. The minimum Gasteiger partial charge on any atom is -0.354 e. The predicted molar refractivity (Wildman–Crippen MR) is 120 cm³/mol. The first-order valence-electron chi connectivity index (χ1n) is 10.1. The Balaban J connectivity index is 2.14. The summed E-state index contributed by atoms with van der Waals surface area (Å²) in [6.45, 7) is 5.54. The predicted octanol–water partition coefficient (Wildman–Crippen LogP) is 1.75. The molecule has 10 nitrogen and oxygen atoms in total. The zero-order chi connectivity index (χ0) is 24.1. The molecule has 3 amide bonds. The summed E-state index contributed by atoms with van der Waals surface area (Å²) in [6.07, 6.45) is 2.43. The highest BCUT2D eigenvalue weighted by Crippen LogP contribution is 2.35. The molecule has 1 N–H and O–H groups in total. The lowest BCUT2D eigenvalue weighted by Crippen LogP contribution is -2.57. The van der Waals surface area contributed by atoms with Gasteiger partial charge in [-0.15, -0.1) is 0 Å². The third-order valence-electron chi connectivity index (χ3n) is 5.39. The minimum atomic E-state index is -0.640. The van der Waals surface area contributed by atoms with Crippen molar-refractivity contribution in [3.05, 3.63) is 53.6 Å². The van der Waals surface area contributed by atoms with Gasteiger partial charge in [0.2, 0.25) is 11.8 Å². The lowest BCUT2D eigenvalue weighted by Gasteiger charge is -2.46. The van der Waals surface area contributed by atoms with Crippen molar-refractivity contribution in [3.8, 4) is 17.5 Å². The maximum Gasteiger partial charge on any atom is 0.269 e. The number of hydrogen-bond donors (Lipinski definition) is 1. The summed E-state index contributed by atoms with van der Waals surface area (Å²) >= 11 is 6.33. The molecule has 0 aromatic carbocycles. The van der Waals surface area contributed by atoms with Gasteiger partial charge < -0.3 is 15.1 Å². The molecule has 0 bridgehead atoms. The Morgan fingerprint density at radius 1 is 1.24 bits per heavy atom. The highest BCUT2D eigenvalue weighted by molar-refractivity contribution is 6.29. The number of aromatic nitrogens is 3. The molecule has 170 valence electrons. The van der Waals surface area contributed by atoms with Crippen LogP contribution < -0.4 is 5.32 Å². The summed E-state index contributed by atoms with van der Waals surface area (Å²) < 4.78 is 0. The summed E-state index contributed by atoms with van der Waals surface area (Å²) in [5.74, 6) is -0.912. The zero-order valence-corrected chi connectivity index (χ0v) is 18.9. The van der Waals surface area contributed by atoms with Crippen LogP contribution in [0.3, 0.4) is 0 Å². The van der Waals surface area contributed by atoms with Crippen molar-refractivity contribution in [2.75, 3.05) is 20.1 Å².